The lowest BCUT2D eigenvalue weighted by atomic mass is 9.57. The number of carbonyl (C=O) groups excluding carboxylic acids is 4. The summed E-state index contributed by atoms with van der Waals surface area (Å²) in [4.78, 5) is 50.2. The molecule has 1 atom stereocenters. The van der Waals surface area contributed by atoms with E-state index in [1.807, 2.05) is 5.32 Å². The number of fused-ring (bicyclic) bond motifs is 1. The molecule has 4 amide bonds. The van der Waals surface area contributed by atoms with Crippen molar-refractivity contribution in [1.29, 1.82) is 0 Å². The van der Waals surface area contributed by atoms with Gasteiger partial charge in [0.05, 0.1) is 15.7 Å². The fourth-order valence-electron chi connectivity index (χ4n) is 4.11. The van der Waals surface area contributed by atoms with Gasteiger partial charge in [-0.3, -0.25) is 24.5 Å². The lowest BCUT2D eigenvalue weighted by Gasteiger charge is -2.31. The number of nitrogens with zero attached hydrogens (tertiary/aromatic N) is 1. The van der Waals surface area contributed by atoms with Crippen LogP contribution < -0.4 is 16.1 Å². The molecule has 7 nitrogen and oxygen atoms in total. The molecular weight excluding hydrogens is 476 g/mol. The molecule has 2 heterocycles. The maximum absolute atomic E-state index is 14.8. The topological polar surface area (TPSA) is 95.6 Å². The molecule has 172 valence electrons. The van der Waals surface area contributed by atoms with Crippen molar-refractivity contribution in [2.75, 3.05) is 0 Å². The monoisotopic (exact) mass is 491 g/mol. The molecule has 6 radical (unpaired) electrons. The van der Waals surface area contributed by atoms with Crippen molar-refractivity contribution >= 4 is 64.2 Å². The second kappa shape index (κ2) is 8.82. The van der Waals surface area contributed by atoms with E-state index < -0.39 is 46.5 Å². The van der Waals surface area contributed by atoms with Crippen LogP contribution in [-0.4, -0.2) is 58.1 Å². The number of nitrogens with one attached hydrogen (secondary N) is 2. The standard InChI is InChI=1S/C22H15B3ClF2N3O4/c23-15-8-12(26)2-4-14(15)21(27,28)20(35)30-22(24,25)11-1-3-13-10(7-11)9-31(19(13)34)16-5-6-17(32)29-18(16)33/h1-4,7-8,16H,5-6,9H2,(H,30,35)(H,29,32,33). The van der Waals surface area contributed by atoms with Gasteiger partial charge in [-0.05, 0) is 35.0 Å². The largest absolute Gasteiger partial charge is 0.358 e. The van der Waals surface area contributed by atoms with Crippen LogP contribution in [0.1, 0.15) is 39.9 Å². The summed E-state index contributed by atoms with van der Waals surface area (Å²) >= 11 is 5.73. The van der Waals surface area contributed by atoms with Gasteiger partial charge >= 0.3 is 5.92 Å². The molecule has 2 aliphatic heterocycles. The number of carbonyl (C=O) groups is 4. The molecule has 0 aliphatic carbocycles. The van der Waals surface area contributed by atoms with Crippen molar-refractivity contribution in [3.63, 3.8) is 0 Å². The Labute approximate surface area is 208 Å². The lowest BCUT2D eigenvalue weighted by Crippen LogP contribution is -2.52. The van der Waals surface area contributed by atoms with E-state index in [1.54, 1.807) is 0 Å². The maximum Gasteiger partial charge on any atom is 0.349 e. The average molecular weight is 491 g/mol. The minimum Gasteiger partial charge on any atom is -0.358 e. The predicted octanol–water partition coefficient (Wildman–Crippen LogP) is 0.250. The molecule has 2 aliphatic rings. The summed E-state index contributed by atoms with van der Waals surface area (Å²) in [7, 11) is 17.6. The number of benzene rings is 2. The number of imide groups is 1. The van der Waals surface area contributed by atoms with Gasteiger partial charge < -0.3 is 10.2 Å². The Morgan fingerprint density at radius 2 is 1.86 bits per heavy atom. The number of halogens is 3. The van der Waals surface area contributed by atoms with Gasteiger partial charge in [0, 0.05) is 29.1 Å². The van der Waals surface area contributed by atoms with Gasteiger partial charge in [0.1, 0.15) is 13.9 Å². The fourth-order valence-corrected chi connectivity index (χ4v) is 4.29. The Morgan fingerprint density at radius 3 is 2.51 bits per heavy atom. The first-order valence-corrected chi connectivity index (χ1v) is 10.8. The molecule has 4 rings (SSSR count). The Morgan fingerprint density at radius 1 is 1.14 bits per heavy atom. The molecule has 1 saturated heterocycles. The minimum absolute atomic E-state index is 0.00970. The first-order chi connectivity index (χ1) is 16.3. The molecule has 0 aromatic heterocycles. The van der Waals surface area contributed by atoms with Gasteiger partial charge in [-0.2, -0.15) is 8.78 Å². The number of hydrogen-bond donors (Lipinski definition) is 2. The molecule has 2 N–H and O–H groups in total. The van der Waals surface area contributed by atoms with E-state index in [0.29, 0.717) is 5.56 Å². The quantitative estimate of drug-likeness (QED) is 0.463. The summed E-state index contributed by atoms with van der Waals surface area (Å²) in [5, 5.41) is 2.00. The summed E-state index contributed by atoms with van der Waals surface area (Å²) in [5.74, 6) is -7.30. The Kier molecular flexibility index (Phi) is 6.29. The van der Waals surface area contributed by atoms with E-state index in [1.165, 1.54) is 29.2 Å². The van der Waals surface area contributed by atoms with Crippen LogP contribution in [0.2, 0.25) is 5.02 Å². The number of piperidine rings is 1. The summed E-state index contributed by atoms with van der Waals surface area (Å²) in [5.41, 5.74) is -0.417. The summed E-state index contributed by atoms with van der Waals surface area (Å²) in [6, 6.07) is 6.44. The molecule has 0 spiro atoms. The average Bonchev–Trinajstić information content (AvgIpc) is 3.09. The first kappa shape index (κ1) is 25.0. The summed E-state index contributed by atoms with van der Waals surface area (Å²) in [6.07, 6.45) is 0.267. The number of alkyl halides is 2. The van der Waals surface area contributed by atoms with Gasteiger partial charge in [0.2, 0.25) is 11.8 Å². The highest BCUT2D eigenvalue weighted by molar-refractivity contribution is 6.41. The third-order valence-corrected chi connectivity index (χ3v) is 6.19. The van der Waals surface area contributed by atoms with Crippen LogP contribution in [0.15, 0.2) is 36.4 Å². The van der Waals surface area contributed by atoms with Crippen LogP contribution >= 0.6 is 11.6 Å². The van der Waals surface area contributed by atoms with E-state index in [0.717, 1.165) is 12.1 Å². The minimum atomic E-state index is -4.08. The van der Waals surface area contributed by atoms with Crippen molar-refractivity contribution in [3.8, 4) is 0 Å². The molecule has 2 aromatic carbocycles. The molecule has 1 unspecified atom stereocenters. The third-order valence-electron chi connectivity index (χ3n) is 5.96. The lowest BCUT2D eigenvalue weighted by molar-refractivity contribution is -0.147. The van der Waals surface area contributed by atoms with E-state index in [2.05, 4.69) is 5.32 Å². The SMILES string of the molecule is [B]c1cc(Cl)ccc1C(F)(F)C(=O)NC([B])([B])c1ccc2c(c1)CN(C1CCC(=O)NC1=O)C2=O. The molecule has 0 bridgehead atoms. The number of rotatable bonds is 5. The number of hydrogen-bond acceptors (Lipinski definition) is 4. The van der Waals surface area contributed by atoms with Crippen LogP contribution in [0.3, 0.4) is 0 Å². The highest BCUT2D eigenvalue weighted by atomic mass is 35.5. The number of amides is 4. The van der Waals surface area contributed by atoms with E-state index in [-0.39, 0.29) is 41.0 Å². The third kappa shape index (κ3) is 4.59. The van der Waals surface area contributed by atoms with Crippen LogP contribution in [-0.2, 0) is 32.2 Å². The van der Waals surface area contributed by atoms with Crippen molar-refractivity contribution in [3.05, 3.63) is 63.7 Å². The smallest absolute Gasteiger partial charge is 0.349 e. The van der Waals surface area contributed by atoms with Crippen LogP contribution in [0.25, 0.3) is 0 Å². The molecule has 35 heavy (non-hydrogen) atoms. The van der Waals surface area contributed by atoms with Crippen LogP contribution in [0, 0.1) is 0 Å². The van der Waals surface area contributed by atoms with Crippen molar-refractivity contribution in [2.45, 2.75) is 36.7 Å². The molecule has 0 saturated carbocycles. The zero-order chi connectivity index (χ0) is 25.7. The van der Waals surface area contributed by atoms with Gasteiger partial charge in [0.25, 0.3) is 11.8 Å². The highest BCUT2D eigenvalue weighted by Gasteiger charge is 2.44. The highest BCUT2D eigenvalue weighted by Crippen LogP contribution is 2.32. The molecule has 2 aromatic rings. The molecule has 1 fully saturated rings. The fraction of sp³-hybridized carbons (Fsp3) is 0.273. The van der Waals surface area contributed by atoms with E-state index >= 15 is 0 Å². The maximum atomic E-state index is 14.8. The first-order valence-electron chi connectivity index (χ1n) is 10.4. The molecule has 13 heteroatoms. The Hall–Kier alpha value is -3.14. The Bertz CT molecular complexity index is 1270. The van der Waals surface area contributed by atoms with Gasteiger partial charge in [0.15, 0.2) is 0 Å². The zero-order valence-corrected chi connectivity index (χ0v) is 18.9. The normalized spacial score (nSPS) is 18.3. The van der Waals surface area contributed by atoms with Crippen LogP contribution in [0.4, 0.5) is 8.78 Å². The van der Waals surface area contributed by atoms with Crippen LogP contribution in [0.5, 0.6) is 0 Å². The second-order valence-electron chi connectivity index (χ2n) is 8.40. The van der Waals surface area contributed by atoms with Gasteiger partial charge in [-0.15, -0.1) is 0 Å². The Balaban J connectivity index is 1.54. The van der Waals surface area contributed by atoms with Gasteiger partial charge in [-0.25, -0.2) is 0 Å². The predicted molar refractivity (Wildman–Crippen MR) is 125 cm³/mol. The second-order valence-corrected chi connectivity index (χ2v) is 8.84. The van der Waals surface area contributed by atoms with Crippen molar-refractivity contribution in [2.24, 2.45) is 0 Å². The summed E-state index contributed by atoms with van der Waals surface area (Å²) < 4.78 is 29.6. The van der Waals surface area contributed by atoms with Crippen molar-refractivity contribution < 1.29 is 28.0 Å². The molecular formula is C22H15B3ClF2N3O4. The summed E-state index contributed by atoms with van der Waals surface area (Å²) in [6.45, 7) is 0.00970. The van der Waals surface area contributed by atoms with E-state index in [9.17, 15) is 28.0 Å². The van der Waals surface area contributed by atoms with E-state index in [4.69, 9.17) is 35.1 Å². The zero-order valence-electron chi connectivity index (χ0n) is 18.1. The van der Waals surface area contributed by atoms with Crippen molar-refractivity contribution in [1.82, 2.24) is 15.5 Å². The van der Waals surface area contributed by atoms with Gasteiger partial charge in [-0.1, -0.05) is 41.3 Å².